The van der Waals surface area contributed by atoms with Crippen LogP contribution in [0.25, 0.3) is 17.4 Å². The van der Waals surface area contributed by atoms with Crippen molar-refractivity contribution in [1.29, 1.82) is 5.26 Å². The van der Waals surface area contributed by atoms with Gasteiger partial charge in [-0.1, -0.05) is 12.1 Å². The van der Waals surface area contributed by atoms with Crippen LogP contribution in [0.1, 0.15) is 19.6 Å². The summed E-state index contributed by atoms with van der Waals surface area (Å²) >= 11 is 0. The number of esters is 1. The highest BCUT2D eigenvalue weighted by Crippen LogP contribution is 2.25. The molecule has 0 amide bonds. The monoisotopic (exact) mass is 299 g/mol. The zero-order chi connectivity index (χ0) is 16.1. The fraction of sp³-hybridized carbons (Fsp3) is 0.176. The van der Waals surface area contributed by atoms with Crippen LogP contribution in [-0.2, 0) is 9.53 Å². The van der Waals surface area contributed by atoms with Crippen LogP contribution < -0.4 is 0 Å². The molecule has 4 nitrogen and oxygen atoms in total. The Balaban J connectivity index is 2.28. The van der Waals surface area contributed by atoms with Gasteiger partial charge in [-0.15, -0.1) is 0 Å². The number of hydrogen-bond donors (Lipinski definition) is 0. The average Bonchev–Trinajstić information content (AvgIpc) is 2.92. The van der Waals surface area contributed by atoms with Crippen molar-refractivity contribution in [2.24, 2.45) is 0 Å². The summed E-state index contributed by atoms with van der Waals surface area (Å²) in [6, 6.07) is 11.1. The Morgan fingerprint density at radius 3 is 2.68 bits per heavy atom. The highest BCUT2D eigenvalue weighted by Gasteiger charge is 2.14. The Hall–Kier alpha value is -2.87. The third kappa shape index (κ3) is 3.61. The van der Waals surface area contributed by atoms with E-state index in [-0.39, 0.29) is 17.4 Å². The van der Waals surface area contributed by atoms with Gasteiger partial charge >= 0.3 is 5.97 Å². The highest BCUT2D eigenvalue weighted by molar-refractivity contribution is 5.97. The van der Waals surface area contributed by atoms with Crippen LogP contribution in [0, 0.1) is 17.1 Å². The summed E-state index contributed by atoms with van der Waals surface area (Å²) in [6.07, 6.45) is 0.949. The summed E-state index contributed by atoms with van der Waals surface area (Å²) in [4.78, 5) is 11.7. The Morgan fingerprint density at radius 1 is 1.32 bits per heavy atom. The number of hydrogen-bond acceptors (Lipinski definition) is 4. The van der Waals surface area contributed by atoms with Crippen molar-refractivity contribution in [2.45, 2.75) is 20.0 Å². The van der Waals surface area contributed by atoms with Gasteiger partial charge in [-0.05, 0) is 38.1 Å². The first-order valence-corrected chi connectivity index (χ1v) is 6.68. The standard InChI is InChI=1S/C17H14FNO3/c1-11(2)21-17(20)12(10-19)9-13-7-8-16(22-13)14-5-3-4-6-15(14)18/h3-9,11H,1-2H3/b12-9+. The molecule has 0 saturated heterocycles. The first-order chi connectivity index (χ1) is 10.5. The Bertz CT molecular complexity index is 753. The van der Waals surface area contributed by atoms with E-state index in [0.717, 1.165) is 0 Å². The van der Waals surface area contributed by atoms with E-state index in [4.69, 9.17) is 14.4 Å². The molecule has 2 aromatic rings. The number of ether oxygens (including phenoxy) is 1. The van der Waals surface area contributed by atoms with Crippen molar-refractivity contribution in [3.63, 3.8) is 0 Å². The molecule has 0 unspecified atom stereocenters. The molecular formula is C17H14FNO3. The Morgan fingerprint density at radius 2 is 2.05 bits per heavy atom. The molecule has 1 aromatic heterocycles. The lowest BCUT2D eigenvalue weighted by molar-refractivity contribution is -0.142. The van der Waals surface area contributed by atoms with E-state index in [1.807, 2.05) is 0 Å². The number of carbonyl (C=O) groups excluding carboxylic acids is 1. The van der Waals surface area contributed by atoms with Crippen LogP contribution in [-0.4, -0.2) is 12.1 Å². The molecule has 0 bridgehead atoms. The summed E-state index contributed by atoms with van der Waals surface area (Å²) in [5, 5.41) is 9.02. The fourth-order valence-corrected chi connectivity index (χ4v) is 1.79. The molecule has 1 aromatic carbocycles. The van der Waals surface area contributed by atoms with E-state index in [2.05, 4.69) is 0 Å². The molecule has 0 saturated carbocycles. The van der Waals surface area contributed by atoms with Crippen molar-refractivity contribution in [3.05, 3.63) is 53.5 Å². The van der Waals surface area contributed by atoms with Gasteiger partial charge in [-0.3, -0.25) is 0 Å². The molecule has 22 heavy (non-hydrogen) atoms. The zero-order valence-electron chi connectivity index (χ0n) is 12.2. The summed E-state index contributed by atoms with van der Waals surface area (Å²) in [6.45, 7) is 3.38. The molecule has 0 spiro atoms. The smallest absolute Gasteiger partial charge is 0.349 e. The van der Waals surface area contributed by atoms with Gasteiger partial charge in [0, 0.05) is 6.08 Å². The topological polar surface area (TPSA) is 63.2 Å². The number of benzene rings is 1. The quantitative estimate of drug-likeness (QED) is 0.487. The van der Waals surface area contributed by atoms with E-state index in [1.54, 1.807) is 50.2 Å². The third-order valence-corrected chi connectivity index (χ3v) is 2.74. The normalized spacial score (nSPS) is 11.3. The van der Waals surface area contributed by atoms with Gasteiger partial charge in [0.05, 0.1) is 11.7 Å². The molecule has 0 N–H and O–H groups in total. The molecule has 0 radical (unpaired) electrons. The number of nitriles is 1. The van der Waals surface area contributed by atoms with Crippen molar-refractivity contribution < 1.29 is 18.3 Å². The second-order valence-electron chi connectivity index (χ2n) is 4.81. The van der Waals surface area contributed by atoms with Crippen LogP contribution in [0.2, 0.25) is 0 Å². The average molecular weight is 299 g/mol. The SMILES string of the molecule is CC(C)OC(=O)/C(C#N)=C/c1ccc(-c2ccccc2F)o1. The van der Waals surface area contributed by atoms with Gasteiger partial charge in [-0.25, -0.2) is 9.18 Å². The summed E-state index contributed by atoms with van der Waals surface area (Å²) in [7, 11) is 0. The number of rotatable bonds is 4. The molecule has 0 aliphatic rings. The van der Waals surface area contributed by atoms with E-state index in [0.29, 0.717) is 11.3 Å². The van der Waals surface area contributed by atoms with Crippen LogP contribution in [0.3, 0.4) is 0 Å². The molecule has 1 heterocycles. The number of carbonyl (C=O) groups is 1. The van der Waals surface area contributed by atoms with E-state index >= 15 is 0 Å². The Labute approximate surface area is 127 Å². The van der Waals surface area contributed by atoms with Crippen LogP contribution >= 0.6 is 0 Å². The molecule has 0 fully saturated rings. The van der Waals surface area contributed by atoms with Gasteiger partial charge in [0.2, 0.25) is 0 Å². The minimum atomic E-state index is -0.721. The first-order valence-electron chi connectivity index (χ1n) is 6.68. The van der Waals surface area contributed by atoms with Gasteiger partial charge in [0.25, 0.3) is 0 Å². The number of furan rings is 1. The van der Waals surface area contributed by atoms with Crippen molar-refractivity contribution in [1.82, 2.24) is 0 Å². The van der Waals surface area contributed by atoms with Gasteiger partial charge in [0.1, 0.15) is 29.0 Å². The number of nitrogens with zero attached hydrogens (tertiary/aromatic N) is 1. The van der Waals surface area contributed by atoms with E-state index in [9.17, 15) is 9.18 Å². The molecule has 112 valence electrons. The second kappa shape index (κ2) is 6.72. The second-order valence-corrected chi connectivity index (χ2v) is 4.81. The largest absolute Gasteiger partial charge is 0.459 e. The third-order valence-electron chi connectivity index (χ3n) is 2.74. The Kier molecular flexibility index (Phi) is 4.74. The van der Waals surface area contributed by atoms with Crippen LogP contribution in [0.4, 0.5) is 4.39 Å². The molecule has 5 heteroatoms. The highest BCUT2D eigenvalue weighted by atomic mass is 19.1. The zero-order valence-corrected chi connectivity index (χ0v) is 12.2. The molecule has 0 aliphatic heterocycles. The summed E-state index contributed by atoms with van der Waals surface area (Å²) in [5.74, 6) is -0.539. The lowest BCUT2D eigenvalue weighted by Crippen LogP contribution is -2.12. The lowest BCUT2D eigenvalue weighted by atomic mass is 10.1. The maximum atomic E-state index is 13.7. The van der Waals surface area contributed by atoms with Gasteiger partial charge in [-0.2, -0.15) is 5.26 Å². The predicted octanol–water partition coefficient (Wildman–Crippen LogP) is 3.94. The van der Waals surface area contributed by atoms with Crippen molar-refractivity contribution >= 4 is 12.0 Å². The fourth-order valence-electron chi connectivity index (χ4n) is 1.79. The molecule has 0 aliphatic carbocycles. The minimum absolute atomic E-state index is 0.178. The number of halogens is 1. The summed E-state index contributed by atoms with van der Waals surface area (Å²) < 4.78 is 24.1. The predicted molar refractivity (Wildman–Crippen MR) is 78.9 cm³/mol. The van der Waals surface area contributed by atoms with Crippen LogP contribution in [0.15, 0.2) is 46.4 Å². The van der Waals surface area contributed by atoms with Crippen LogP contribution in [0.5, 0.6) is 0 Å². The maximum absolute atomic E-state index is 13.7. The molecular weight excluding hydrogens is 285 g/mol. The molecule has 2 rings (SSSR count). The van der Waals surface area contributed by atoms with Crippen molar-refractivity contribution in [2.75, 3.05) is 0 Å². The van der Waals surface area contributed by atoms with Crippen molar-refractivity contribution in [3.8, 4) is 17.4 Å². The summed E-state index contributed by atoms with van der Waals surface area (Å²) in [5.41, 5.74) is 0.133. The first kappa shape index (κ1) is 15.5. The van der Waals surface area contributed by atoms with Gasteiger partial charge < -0.3 is 9.15 Å². The maximum Gasteiger partial charge on any atom is 0.349 e. The minimum Gasteiger partial charge on any atom is -0.459 e. The van der Waals surface area contributed by atoms with E-state index in [1.165, 1.54) is 12.1 Å². The van der Waals surface area contributed by atoms with Gasteiger partial charge in [0.15, 0.2) is 0 Å². The molecule has 0 atom stereocenters. The van der Waals surface area contributed by atoms with E-state index < -0.39 is 11.8 Å². The lowest BCUT2D eigenvalue weighted by Gasteiger charge is -2.05.